The molecule has 1 saturated heterocycles. The molecule has 5 heteroatoms. The lowest BCUT2D eigenvalue weighted by Gasteiger charge is -2.32. The summed E-state index contributed by atoms with van der Waals surface area (Å²) in [5, 5.41) is 16.3. The average molecular weight is 331 g/mol. The van der Waals surface area contributed by atoms with Gasteiger partial charge in [-0.2, -0.15) is 0 Å². The van der Waals surface area contributed by atoms with Gasteiger partial charge in [-0.05, 0) is 44.2 Å². The number of hydrogen-bond donors (Lipinski definition) is 3. The number of nitrogens with one attached hydrogen (secondary N) is 2. The van der Waals surface area contributed by atoms with Crippen LogP contribution in [0.5, 0.6) is 0 Å². The molecule has 5 nitrogen and oxygen atoms in total. The number of amides is 2. The maximum Gasteiger partial charge on any atom is 0.319 e. The number of carbonyl (C=O) groups is 1. The topological polar surface area (TPSA) is 64.6 Å². The molecule has 0 spiro atoms. The largest absolute Gasteiger partial charge is 0.388 e. The summed E-state index contributed by atoms with van der Waals surface area (Å²) in [6.45, 7) is 2.41. The van der Waals surface area contributed by atoms with Gasteiger partial charge in [0.15, 0.2) is 0 Å². The Morgan fingerprint density at radius 1 is 1.04 bits per heavy atom. The summed E-state index contributed by atoms with van der Waals surface area (Å²) in [6, 6.07) is 7.72. The molecular formula is C19H29N3O2. The predicted molar refractivity (Wildman–Crippen MR) is 97.6 cm³/mol. The molecule has 2 fully saturated rings. The number of carbonyl (C=O) groups excluding carboxylic acids is 1. The van der Waals surface area contributed by atoms with Crippen molar-refractivity contribution < 1.29 is 9.90 Å². The fraction of sp³-hybridized carbons (Fsp3) is 0.632. The van der Waals surface area contributed by atoms with Gasteiger partial charge >= 0.3 is 6.03 Å². The molecule has 1 saturated carbocycles. The van der Waals surface area contributed by atoms with E-state index in [1.165, 1.54) is 25.7 Å². The van der Waals surface area contributed by atoms with Crippen molar-refractivity contribution in [2.75, 3.05) is 29.9 Å². The van der Waals surface area contributed by atoms with E-state index >= 15 is 0 Å². The molecule has 0 radical (unpaired) electrons. The van der Waals surface area contributed by atoms with Crippen molar-refractivity contribution in [1.82, 2.24) is 5.32 Å². The van der Waals surface area contributed by atoms with E-state index < -0.39 is 5.60 Å². The third kappa shape index (κ3) is 4.41. The third-order valence-electron chi connectivity index (χ3n) is 5.21. The summed E-state index contributed by atoms with van der Waals surface area (Å²) in [5.74, 6) is 0. The number of benzene rings is 1. The van der Waals surface area contributed by atoms with Crippen LogP contribution in [0.25, 0.3) is 0 Å². The molecule has 0 atom stereocenters. The zero-order valence-electron chi connectivity index (χ0n) is 14.4. The van der Waals surface area contributed by atoms with E-state index in [1.807, 2.05) is 18.2 Å². The Kier molecular flexibility index (Phi) is 5.61. The molecule has 0 unspecified atom stereocenters. The highest BCUT2D eigenvalue weighted by molar-refractivity contribution is 5.93. The minimum Gasteiger partial charge on any atom is -0.388 e. The van der Waals surface area contributed by atoms with E-state index in [2.05, 4.69) is 21.6 Å². The van der Waals surface area contributed by atoms with Crippen LogP contribution in [0, 0.1) is 0 Å². The first-order valence-corrected chi connectivity index (χ1v) is 9.28. The Morgan fingerprint density at radius 3 is 2.46 bits per heavy atom. The van der Waals surface area contributed by atoms with Crippen LogP contribution < -0.4 is 15.5 Å². The zero-order chi connectivity index (χ0) is 16.8. The van der Waals surface area contributed by atoms with E-state index in [4.69, 9.17) is 0 Å². The molecule has 2 aliphatic rings. The van der Waals surface area contributed by atoms with Crippen molar-refractivity contribution in [2.24, 2.45) is 0 Å². The SMILES string of the molecule is O=C(NCC1(O)CCCCC1)Nc1ccccc1N1CCCCC1. The fourth-order valence-electron chi connectivity index (χ4n) is 3.79. The number of anilines is 2. The summed E-state index contributed by atoms with van der Waals surface area (Å²) in [7, 11) is 0. The van der Waals surface area contributed by atoms with Crippen LogP contribution in [0.3, 0.4) is 0 Å². The Morgan fingerprint density at radius 2 is 1.71 bits per heavy atom. The van der Waals surface area contributed by atoms with Crippen LogP contribution >= 0.6 is 0 Å². The van der Waals surface area contributed by atoms with Crippen molar-refractivity contribution in [2.45, 2.75) is 57.0 Å². The van der Waals surface area contributed by atoms with Crippen LogP contribution in [0.4, 0.5) is 16.2 Å². The number of piperidine rings is 1. The van der Waals surface area contributed by atoms with Gasteiger partial charge in [0, 0.05) is 19.6 Å². The van der Waals surface area contributed by atoms with Crippen molar-refractivity contribution in [3.8, 4) is 0 Å². The number of aliphatic hydroxyl groups is 1. The van der Waals surface area contributed by atoms with Gasteiger partial charge < -0.3 is 20.6 Å². The molecule has 132 valence electrons. The lowest BCUT2D eigenvalue weighted by molar-refractivity contribution is 0.00755. The second kappa shape index (κ2) is 7.88. The van der Waals surface area contributed by atoms with Gasteiger partial charge in [-0.25, -0.2) is 4.79 Å². The minimum absolute atomic E-state index is 0.238. The van der Waals surface area contributed by atoms with E-state index in [0.717, 1.165) is 50.1 Å². The Labute approximate surface area is 144 Å². The monoisotopic (exact) mass is 331 g/mol. The maximum absolute atomic E-state index is 12.3. The van der Waals surface area contributed by atoms with E-state index in [-0.39, 0.29) is 6.03 Å². The van der Waals surface area contributed by atoms with Gasteiger partial charge in [0.25, 0.3) is 0 Å². The highest BCUT2D eigenvalue weighted by Gasteiger charge is 2.29. The van der Waals surface area contributed by atoms with Crippen molar-refractivity contribution >= 4 is 17.4 Å². The molecule has 1 aliphatic heterocycles. The number of para-hydroxylation sites is 2. The van der Waals surface area contributed by atoms with Gasteiger partial charge in [0.2, 0.25) is 0 Å². The molecule has 1 heterocycles. The second-order valence-corrected chi connectivity index (χ2v) is 7.16. The molecule has 1 aromatic rings. The van der Waals surface area contributed by atoms with Gasteiger partial charge in [0.1, 0.15) is 0 Å². The summed E-state index contributed by atoms with van der Waals surface area (Å²) < 4.78 is 0. The van der Waals surface area contributed by atoms with Crippen LogP contribution in [-0.2, 0) is 0 Å². The van der Waals surface area contributed by atoms with Crippen LogP contribution in [0.2, 0.25) is 0 Å². The van der Waals surface area contributed by atoms with Gasteiger partial charge in [-0.15, -0.1) is 0 Å². The van der Waals surface area contributed by atoms with Crippen LogP contribution in [-0.4, -0.2) is 36.4 Å². The molecule has 1 aromatic carbocycles. The van der Waals surface area contributed by atoms with Gasteiger partial charge in [-0.3, -0.25) is 0 Å². The number of nitrogens with zero attached hydrogens (tertiary/aromatic N) is 1. The summed E-state index contributed by atoms with van der Waals surface area (Å²) >= 11 is 0. The maximum atomic E-state index is 12.3. The Balaban J connectivity index is 1.58. The van der Waals surface area contributed by atoms with Crippen LogP contribution in [0.15, 0.2) is 24.3 Å². The van der Waals surface area contributed by atoms with Crippen molar-refractivity contribution in [1.29, 1.82) is 0 Å². The van der Waals surface area contributed by atoms with E-state index in [1.54, 1.807) is 0 Å². The molecule has 24 heavy (non-hydrogen) atoms. The average Bonchev–Trinajstić information content (AvgIpc) is 2.62. The minimum atomic E-state index is -0.734. The fourth-order valence-corrected chi connectivity index (χ4v) is 3.79. The first kappa shape index (κ1) is 17.1. The smallest absolute Gasteiger partial charge is 0.319 e. The van der Waals surface area contributed by atoms with Crippen molar-refractivity contribution in [3.05, 3.63) is 24.3 Å². The third-order valence-corrected chi connectivity index (χ3v) is 5.21. The molecular weight excluding hydrogens is 302 g/mol. The first-order chi connectivity index (χ1) is 11.7. The lowest BCUT2D eigenvalue weighted by Crippen LogP contribution is -2.45. The molecule has 2 amide bonds. The molecule has 1 aliphatic carbocycles. The zero-order valence-corrected chi connectivity index (χ0v) is 14.4. The second-order valence-electron chi connectivity index (χ2n) is 7.16. The number of rotatable bonds is 4. The van der Waals surface area contributed by atoms with Crippen molar-refractivity contribution in [3.63, 3.8) is 0 Å². The summed E-state index contributed by atoms with van der Waals surface area (Å²) in [4.78, 5) is 14.6. The van der Waals surface area contributed by atoms with Gasteiger partial charge in [0.05, 0.1) is 17.0 Å². The summed E-state index contributed by atoms with van der Waals surface area (Å²) in [6.07, 6.45) is 8.49. The number of hydrogen-bond acceptors (Lipinski definition) is 3. The normalized spacial score (nSPS) is 20.5. The summed E-state index contributed by atoms with van der Waals surface area (Å²) in [5.41, 5.74) is 1.19. The van der Waals surface area contributed by atoms with Gasteiger partial charge in [-0.1, -0.05) is 31.4 Å². The number of urea groups is 1. The predicted octanol–water partition coefficient (Wildman–Crippen LogP) is 3.49. The first-order valence-electron chi connectivity index (χ1n) is 9.28. The Bertz CT molecular complexity index is 549. The molecule has 0 bridgehead atoms. The molecule has 3 rings (SSSR count). The Hall–Kier alpha value is -1.75. The van der Waals surface area contributed by atoms with Crippen LogP contribution in [0.1, 0.15) is 51.4 Å². The molecule has 3 N–H and O–H groups in total. The van der Waals surface area contributed by atoms with E-state index in [0.29, 0.717) is 6.54 Å². The molecule has 0 aromatic heterocycles. The lowest BCUT2D eigenvalue weighted by atomic mass is 9.85. The highest BCUT2D eigenvalue weighted by atomic mass is 16.3. The van der Waals surface area contributed by atoms with E-state index in [9.17, 15) is 9.90 Å². The quantitative estimate of drug-likeness (QED) is 0.791. The highest BCUT2D eigenvalue weighted by Crippen LogP contribution is 2.29. The standard InChI is InChI=1S/C19H29N3O2/c23-18(20-15-19(24)11-5-1-6-12-19)21-16-9-3-4-10-17(16)22-13-7-2-8-14-22/h3-4,9-10,24H,1-2,5-8,11-15H2,(H2,20,21,23).